The Bertz CT molecular complexity index is 885. The normalized spacial score (nSPS) is 10.8. The Morgan fingerprint density at radius 2 is 1.85 bits per heavy atom. The molecule has 0 saturated carbocycles. The Labute approximate surface area is 178 Å². The molecule has 0 aliphatic carbocycles. The van der Waals surface area contributed by atoms with E-state index in [1.165, 1.54) is 0 Å². The van der Waals surface area contributed by atoms with Gasteiger partial charge in [-0.1, -0.05) is 57.6 Å². The van der Waals surface area contributed by atoms with Crippen molar-refractivity contribution in [2.75, 3.05) is 32.1 Å². The molecule has 0 bridgehead atoms. The van der Waals surface area contributed by atoms with Gasteiger partial charge >= 0.3 is 0 Å². The fraction of sp³-hybridized carbons (Fsp3) is 0.300. The van der Waals surface area contributed by atoms with E-state index in [1.54, 1.807) is 11.3 Å². The van der Waals surface area contributed by atoms with Crippen molar-refractivity contribution in [2.45, 2.75) is 12.8 Å². The van der Waals surface area contributed by atoms with Crippen LogP contribution in [0.2, 0.25) is 0 Å². The molecule has 1 heterocycles. The predicted molar refractivity (Wildman–Crippen MR) is 120 cm³/mol. The van der Waals surface area contributed by atoms with E-state index >= 15 is 0 Å². The van der Waals surface area contributed by atoms with E-state index in [4.69, 9.17) is 4.98 Å². The molecule has 0 aliphatic rings. The van der Waals surface area contributed by atoms with Crippen molar-refractivity contribution in [3.8, 4) is 0 Å². The fourth-order valence-corrected chi connectivity index (χ4v) is 4.30. The monoisotopic (exact) mass is 467 g/mol. The molecule has 0 spiro atoms. The molecule has 0 N–H and O–H groups in total. The maximum atomic E-state index is 13.0. The van der Waals surface area contributed by atoms with Gasteiger partial charge in [0.15, 0.2) is 5.13 Å². The molecule has 0 unspecified atom stereocenters. The number of carbonyl (C=O) groups excluding carboxylic acids is 1. The number of carbonyl (C=O) groups is 1. The molecule has 1 aromatic heterocycles. The average Bonchev–Trinajstić information content (AvgIpc) is 3.01. The molecule has 4 nitrogen and oxygen atoms in total. The van der Waals surface area contributed by atoms with E-state index in [2.05, 4.69) is 26.9 Å². The van der Waals surface area contributed by atoms with E-state index in [-0.39, 0.29) is 18.3 Å². The quantitative estimate of drug-likeness (QED) is 0.489. The van der Waals surface area contributed by atoms with Gasteiger partial charge in [0.25, 0.3) is 0 Å². The second-order valence-electron chi connectivity index (χ2n) is 6.47. The molecule has 0 radical (unpaired) electrons. The molecule has 0 fully saturated rings. The summed E-state index contributed by atoms with van der Waals surface area (Å²) in [5.74, 6) is 0.0908. The highest BCUT2D eigenvalue weighted by Crippen LogP contribution is 2.31. The lowest BCUT2D eigenvalue weighted by Gasteiger charge is -2.21. The maximum absolute atomic E-state index is 13.0. The van der Waals surface area contributed by atoms with Gasteiger partial charge in [-0.15, -0.1) is 12.4 Å². The van der Waals surface area contributed by atoms with Crippen LogP contribution in [0.15, 0.2) is 53.0 Å². The van der Waals surface area contributed by atoms with Crippen molar-refractivity contribution in [2.24, 2.45) is 0 Å². The van der Waals surface area contributed by atoms with Crippen molar-refractivity contribution in [1.82, 2.24) is 9.88 Å². The van der Waals surface area contributed by atoms with Crippen molar-refractivity contribution in [3.63, 3.8) is 0 Å². The summed E-state index contributed by atoms with van der Waals surface area (Å²) in [7, 11) is 4.09. The Hall–Kier alpha value is -1.47. The van der Waals surface area contributed by atoms with Crippen LogP contribution in [-0.2, 0) is 11.2 Å². The Kier molecular flexibility index (Phi) is 8.23. The van der Waals surface area contributed by atoms with Gasteiger partial charge in [-0.25, -0.2) is 4.98 Å². The van der Waals surface area contributed by atoms with E-state index < -0.39 is 0 Å². The van der Waals surface area contributed by atoms with Gasteiger partial charge in [0.05, 0.1) is 16.6 Å². The number of nitrogens with zero attached hydrogens (tertiary/aromatic N) is 3. The largest absolute Gasteiger partial charge is 0.309 e. The molecular formula is C20H23BrClN3OS. The minimum Gasteiger partial charge on any atom is -0.309 e. The lowest BCUT2D eigenvalue weighted by Crippen LogP contribution is -2.34. The predicted octanol–water partition coefficient (Wildman–Crippen LogP) is 5.01. The Morgan fingerprint density at radius 1 is 1.11 bits per heavy atom. The molecule has 0 aliphatic heterocycles. The molecule has 27 heavy (non-hydrogen) atoms. The molecule has 1 amide bonds. The number of fused-ring (bicyclic) bond motifs is 1. The number of hydrogen-bond donors (Lipinski definition) is 0. The second-order valence-corrected chi connectivity index (χ2v) is 8.40. The summed E-state index contributed by atoms with van der Waals surface area (Å²) in [6, 6.07) is 15.9. The smallest absolute Gasteiger partial charge is 0.233 e. The van der Waals surface area contributed by atoms with Crippen LogP contribution < -0.4 is 4.90 Å². The molecule has 0 atom stereocenters. The van der Waals surface area contributed by atoms with E-state index in [9.17, 15) is 4.79 Å². The summed E-state index contributed by atoms with van der Waals surface area (Å²) in [5, 5.41) is 0.776. The number of halogens is 2. The number of thiazole rings is 1. The third-order valence-corrected chi connectivity index (χ3v) is 5.59. The standard InChI is InChI=1S/C20H22BrN3OS.ClH/c1-23(2)11-6-12-24(19(25)13-15-7-4-3-5-8-15)20-22-17-10-9-16(21)14-18(17)26-20;/h3-5,7-10,14H,6,11-13H2,1-2H3;1H. The SMILES string of the molecule is CN(C)CCCN(C(=O)Cc1ccccc1)c1nc2ccc(Br)cc2s1.Cl. The molecule has 7 heteroatoms. The van der Waals surface area contributed by atoms with Gasteiger partial charge in [0.1, 0.15) is 0 Å². The average molecular weight is 469 g/mol. The second kappa shape index (κ2) is 10.2. The maximum Gasteiger partial charge on any atom is 0.233 e. The summed E-state index contributed by atoms with van der Waals surface area (Å²) >= 11 is 5.07. The van der Waals surface area contributed by atoms with Crippen LogP contribution in [-0.4, -0.2) is 43.0 Å². The summed E-state index contributed by atoms with van der Waals surface area (Å²) in [6.45, 7) is 1.61. The molecule has 0 saturated heterocycles. The number of rotatable bonds is 7. The van der Waals surface area contributed by atoms with Gasteiger partial charge < -0.3 is 4.90 Å². The van der Waals surface area contributed by atoms with Crippen LogP contribution >= 0.6 is 39.7 Å². The minimum absolute atomic E-state index is 0. The van der Waals surface area contributed by atoms with Crippen molar-refractivity contribution in [3.05, 3.63) is 58.6 Å². The summed E-state index contributed by atoms with van der Waals surface area (Å²) in [6.07, 6.45) is 1.30. The first kappa shape index (κ1) is 21.8. The van der Waals surface area contributed by atoms with Crippen LogP contribution in [0.3, 0.4) is 0 Å². The van der Waals surface area contributed by atoms with Gasteiger partial charge in [-0.2, -0.15) is 0 Å². The summed E-state index contributed by atoms with van der Waals surface area (Å²) in [5.41, 5.74) is 1.96. The van der Waals surface area contributed by atoms with Gasteiger partial charge in [0.2, 0.25) is 5.91 Å². The van der Waals surface area contributed by atoms with Crippen LogP contribution in [0, 0.1) is 0 Å². The zero-order chi connectivity index (χ0) is 18.5. The number of aromatic nitrogens is 1. The molecule has 2 aromatic carbocycles. The third kappa shape index (κ3) is 6.01. The van der Waals surface area contributed by atoms with Crippen LogP contribution in [0.4, 0.5) is 5.13 Å². The van der Waals surface area contributed by atoms with Crippen molar-refractivity contribution < 1.29 is 4.79 Å². The summed E-state index contributed by atoms with van der Waals surface area (Å²) < 4.78 is 2.11. The first-order valence-corrected chi connectivity index (χ1v) is 10.2. The summed E-state index contributed by atoms with van der Waals surface area (Å²) in [4.78, 5) is 21.7. The highest BCUT2D eigenvalue weighted by molar-refractivity contribution is 9.10. The lowest BCUT2D eigenvalue weighted by molar-refractivity contribution is -0.118. The Morgan fingerprint density at radius 3 is 2.56 bits per heavy atom. The van der Waals surface area contributed by atoms with Crippen LogP contribution in [0.5, 0.6) is 0 Å². The van der Waals surface area contributed by atoms with E-state index in [0.717, 1.165) is 38.3 Å². The van der Waals surface area contributed by atoms with Gasteiger partial charge in [0, 0.05) is 11.0 Å². The highest BCUT2D eigenvalue weighted by Gasteiger charge is 2.20. The van der Waals surface area contributed by atoms with Crippen molar-refractivity contribution in [1.29, 1.82) is 0 Å². The topological polar surface area (TPSA) is 36.4 Å². The fourth-order valence-electron chi connectivity index (χ4n) is 2.74. The van der Waals surface area contributed by atoms with E-state index in [1.807, 2.05) is 61.5 Å². The number of benzene rings is 2. The molecule has 3 rings (SSSR count). The number of anilines is 1. The van der Waals surface area contributed by atoms with Gasteiger partial charge in [-0.05, 0) is 50.8 Å². The lowest BCUT2D eigenvalue weighted by atomic mass is 10.1. The first-order valence-electron chi connectivity index (χ1n) is 8.58. The van der Waals surface area contributed by atoms with Crippen LogP contribution in [0.25, 0.3) is 10.2 Å². The van der Waals surface area contributed by atoms with Gasteiger partial charge in [-0.3, -0.25) is 9.69 Å². The number of amides is 1. The minimum atomic E-state index is 0. The molecule has 3 aromatic rings. The molecular weight excluding hydrogens is 446 g/mol. The number of hydrogen-bond acceptors (Lipinski definition) is 4. The first-order chi connectivity index (χ1) is 12.5. The third-order valence-electron chi connectivity index (χ3n) is 4.06. The van der Waals surface area contributed by atoms with Crippen LogP contribution in [0.1, 0.15) is 12.0 Å². The van der Waals surface area contributed by atoms with Crippen molar-refractivity contribution >= 4 is 60.9 Å². The molecule has 144 valence electrons. The van der Waals surface area contributed by atoms with E-state index in [0.29, 0.717) is 13.0 Å². The zero-order valence-electron chi connectivity index (χ0n) is 15.4. The zero-order valence-corrected chi connectivity index (χ0v) is 18.6. The highest BCUT2D eigenvalue weighted by atomic mass is 79.9. The Balaban J connectivity index is 0.00000261.